The minimum Gasteiger partial charge on any atom is -0.349 e. The average Bonchev–Trinajstić information content (AvgIpc) is 2.47. The van der Waals surface area contributed by atoms with E-state index in [1.807, 2.05) is 0 Å². The van der Waals surface area contributed by atoms with Crippen molar-refractivity contribution in [2.45, 2.75) is 18.9 Å². The van der Waals surface area contributed by atoms with Crippen LogP contribution in [0, 0.1) is 0 Å². The topological polar surface area (TPSA) is 52.7 Å². The smallest absolute Gasteiger partial charge is 0.319 e. The highest BCUT2D eigenvalue weighted by molar-refractivity contribution is 6.33. The van der Waals surface area contributed by atoms with Gasteiger partial charge < -0.3 is 15.1 Å². The molecule has 5 nitrogen and oxygen atoms in total. The number of likely N-dealkylation sites (tertiary alicyclic amines) is 1. The fraction of sp³-hybridized carbons (Fsp3) is 0.467. The Labute approximate surface area is 129 Å². The number of urea groups is 1. The van der Waals surface area contributed by atoms with Crippen LogP contribution in [0.4, 0.5) is 4.79 Å². The summed E-state index contributed by atoms with van der Waals surface area (Å²) in [6.07, 6.45) is 1.52. The number of hydrogen-bond donors (Lipinski definition) is 1. The molecule has 1 N–H and O–H groups in total. The molecule has 6 heteroatoms. The fourth-order valence-corrected chi connectivity index (χ4v) is 2.63. The minimum atomic E-state index is -0.155. The Kier molecular flexibility index (Phi) is 5.07. The molecule has 1 heterocycles. The Hall–Kier alpha value is -1.75. The summed E-state index contributed by atoms with van der Waals surface area (Å²) in [5.74, 6) is -0.155. The maximum Gasteiger partial charge on any atom is 0.319 e. The first kappa shape index (κ1) is 15.6. The van der Waals surface area contributed by atoms with E-state index < -0.39 is 0 Å². The van der Waals surface area contributed by atoms with Gasteiger partial charge in [-0.3, -0.25) is 4.79 Å². The first-order valence-electron chi connectivity index (χ1n) is 7.00. The van der Waals surface area contributed by atoms with E-state index in [1.54, 1.807) is 48.2 Å². The Morgan fingerprint density at radius 2 is 1.86 bits per heavy atom. The number of hydrogen-bond acceptors (Lipinski definition) is 2. The molecule has 1 aromatic carbocycles. The summed E-state index contributed by atoms with van der Waals surface area (Å²) in [4.78, 5) is 27.4. The fourth-order valence-electron chi connectivity index (χ4n) is 2.41. The number of amides is 3. The number of halogens is 1. The van der Waals surface area contributed by atoms with Gasteiger partial charge in [-0.1, -0.05) is 23.7 Å². The molecule has 0 saturated carbocycles. The lowest BCUT2D eigenvalue weighted by molar-refractivity contribution is 0.0914. The summed E-state index contributed by atoms with van der Waals surface area (Å²) in [5.41, 5.74) is 0.492. The molecule has 21 heavy (non-hydrogen) atoms. The predicted molar refractivity (Wildman–Crippen MR) is 82.6 cm³/mol. The van der Waals surface area contributed by atoms with Crippen molar-refractivity contribution in [2.75, 3.05) is 27.2 Å². The van der Waals surface area contributed by atoms with E-state index in [0.29, 0.717) is 23.7 Å². The number of carbonyl (C=O) groups is 2. The Bertz CT molecular complexity index is 525. The number of piperidine rings is 1. The van der Waals surface area contributed by atoms with Crippen molar-refractivity contribution in [3.05, 3.63) is 34.9 Å². The molecule has 2 rings (SSSR count). The van der Waals surface area contributed by atoms with Crippen molar-refractivity contribution in [3.8, 4) is 0 Å². The molecule has 0 unspecified atom stereocenters. The van der Waals surface area contributed by atoms with E-state index in [4.69, 9.17) is 11.6 Å². The van der Waals surface area contributed by atoms with Gasteiger partial charge in [-0.2, -0.15) is 0 Å². The van der Waals surface area contributed by atoms with Crippen LogP contribution in [0.5, 0.6) is 0 Å². The normalized spacial score (nSPS) is 15.7. The molecule has 0 atom stereocenters. The monoisotopic (exact) mass is 309 g/mol. The van der Waals surface area contributed by atoms with E-state index in [2.05, 4.69) is 5.32 Å². The molecular weight excluding hydrogens is 290 g/mol. The number of benzene rings is 1. The average molecular weight is 310 g/mol. The third-order valence-electron chi connectivity index (χ3n) is 3.60. The van der Waals surface area contributed by atoms with E-state index in [-0.39, 0.29) is 18.0 Å². The summed E-state index contributed by atoms with van der Waals surface area (Å²) < 4.78 is 0. The second kappa shape index (κ2) is 6.80. The van der Waals surface area contributed by atoms with Gasteiger partial charge in [0.15, 0.2) is 0 Å². The van der Waals surface area contributed by atoms with Crippen LogP contribution >= 0.6 is 11.6 Å². The van der Waals surface area contributed by atoms with E-state index in [1.165, 1.54) is 0 Å². The van der Waals surface area contributed by atoms with Crippen molar-refractivity contribution in [2.24, 2.45) is 0 Å². The first-order valence-corrected chi connectivity index (χ1v) is 7.38. The molecule has 0 aromatic heterocycles. The third-order valence-corrected chi connectivity index (χ3v) is 3.93. The molecule has 1 aliphatic heterocycles. The summed E-state index contributed by atoms with van der Waals surface area (Å²) in [7, 11) is 3.49. The molecule has 114 valence electrons. The highest BCUT2D eigenvalue weighted by Gasteiger charge is 2.25. The molecule has 0 aliphatic carbocycles. The van der Waals surface area contributed by atoms with Crippen LogP contribution in [0.25, 0.3) is 0 Å². The molecular formula is C15H20ClN3O2. The maximum atomic E-state index is 12.2. The largest absolute Gasteiger partial charge is 0.349 e. The summed E-state index contributed by atoms with van der Waals surface area (Å²) in [6.45, 7) is 1.31. The lowest BCUT2D eigenvalue weighted by Crippen LogP contribution is -2.49. The molecule has 3 amide bonds. The number of nitrogens with zero attached hydrogens (tertiary/aromatic N) is 2. The van der Waals surface area contributed by atoms with Crippen molar-refractivity contribution in [1.82, 2.24) is 15.1 Å². The maximum absolute atomic E-state index is 12.2. The van der Waals surface area contributed by atoms with E-state index in [9.17, 15) is 9.59 Å². The van der Waals surface area contributed by atoms with Gasteiger partial charge in [0.25, 0.3) is 5.91 Å². The van der Waals surface area contributed by atoms with Crippen LogP contribution in [0.15, 0.2) is 24.3 Å². The molecule has 1 fully saturated rings. The third kappa shape index (κ3) is 3.88. The summed E-state index contributed by atoms with van der Waals surface area (Å²) in [5, 5.41) is 3.44. The molecule has 0 radical (unpaired) electrons. The molecule has 1 aliphatic rings. The molecule has 0 spiro atoms. The highest BCUT2D eigenvalue weighted by Crippen LogP contribution is 2.17. The van der Waals surface area contributed by atoms with E-state index >= 15 is 0 Å². The van der Waals surface area contributed by atoms with Gasteiger partial charge >= 0.3 is 6.03 Å². The van der Waals surface area contributed by atoms with Crippen LogP contribution in [0.1, 0.15) is 23.2 Å². The zero-order chi connectivity index (χ0) is 15.4. The van der Waals surface area contributed by atoms with Crippen molar-refractivity contribution in [1.29, 1.82) is 0 Å². The lowest BCUT2D eigenvalue weighted by atomic mass is 10.0. The van der Waals surface area contributed by atoms with Crippen LogP contribution in [-0.4, -0.2) is 55.0 Å². The van der Waals surface area contributed by atoms with Gasteiger partial charge in [0.05, 0.1) is 10.6 Å². The second-order valence-electron chi connectivity index (χ2n) is 5.39. The zero-order valence-corrected chi connectivity index (χ0v) is 13.1. The Balaban J connectivity index is 1.88. The Morgan fingerprint density at radius 3 is 2.43 bits per heavy atom. The SMILES string of the molecule is CN(C)C(=O)N1CCC(NC(=O)c2ccccc2Cl)CC1. The van der Waals surface area contributed by atoms with Gasteiger partial charge in [0.2, 0.25) is 0 Å². The van der Waals surface area contributed by atoms with Gasteiger partial charge in [-0.15, -0.1) is 0 Å². The summed E-state index contributed by atoms with van der Waals surface area (Å²) in [6, 6.07) is 7.10. The zero-order valence-electron chi connectivity index (χ0n) is 12.3. The highest BCUT2D eigenvalue weighted by atomic mass is 35.5. The number of nitrogens with one attached hydrogen (secondary N) is 1. The predicted octanol–water partition coefficient (Wildman–Crippen LogP) is 2.22. The molecule has 0 bridgehead atoms. The van der Waals surface area contributed by atoms with Crippen LogP contribution < -0.4 is 5.32 Å². The first-order chi connectivity index (χ1) is 9.99. The lowest BCUT2D eigenvalue weighted by Gasteiger charge is -2.33. The van der Waals surface area contributed by atoms with Gasteiger partial charge in [-0.05, 0) is 25.0 Å². The van der Waals surface area contributed by atoms with Gasteiger partial charge in [0.1, 0.15) is 0 Å². The van der Waals surface area contributed by atoms with Crippen LogP contribution in [0.2, 0.25) is 5.02 Å². The van der Waals surface area contributed by atoms with Crippen molar-refractivity contribution < 1.29 is 9.59 Å². The quantitative estimate of drug-likeness (QED) is 0.910. The number of carbonyl (C=O) groups excluding carboxylic acids is 2. The van der Waals surface area contributed by atoms with Crippen molar-refractivity contribution >= 4 is 23.5 Å². The second-order valence-corrected chi connectivity index (χ2v) is 5.80. The van der Waals surface area contributed by atoms with Gasteiger partial charge in [0, 0.05) is 33.2 Å². The van der Waals surface area contributed by atoms with Crippen molar-refractivity contribution in [3.63, 3.8) is 0 Å². The van der Waals surface area contributed by atoms with Gasteiger partial charge in [-0.25, -0.2) is 4.79 Å². The van der Waals surface area contributed by atoms with Crippen LogP contribution in [0.3, 0.4) is 0 Å². The molecule has 1 aromatic rings. The Morgan fingerprint density at radius 1 is 1.24 bits per heavy atom. The standard InChI is InChI=1S/C15H20ClN3O2/c1-18(2)15(21)19-9-7-11(8-10-19)17-14(20)12-5-3-4-6-13(12)16/h3-6,11H,7-10H2,1-2H3,(H,17,20). The van der Waals surface area contributed by atoms with E-state index in [0.717, 1.165) is 12.8 Å². The number of rotatable bonds is 2. The minimum absolute atomic E-state index is 0.0193. The van der Waals surface area contributed by atoms with Crippen LogP contribution in [-0.2, 0) is 0 Å². The molecule has 1 saturated heterocycles. The summed E-state index contributed by atoms with van der Waals surface area (Å²) >= 11 is 6.02.